The molecule has 2 N–H and O–H groups in total. The van der Waals surface area contributed by atoms with Crippen LogP contribution in [0.4, 0.5) is 9.59 Å². The van der Waals surface area contributed by atoms with Crippen molar-refractivity contribution in [3.63, 3.8) is 0 Å². The third-order valence-corrected chi connectivity index (χ3v) is 13.5. The third kappa shape index (κ3) is 9.02. The molecule has 2 bridgehead atoms. The molecule has 56 heavy (non-hydrogen) atoms. The molecule has 1 aromatic heterocycles. The summed E-state index contributed by atoms with van der Waals surface area (Å²) in [5.41, 5.74) is -2.83. The standard InChI is InChI=1S/C39H57BrN4O11S/c1-11-27-39(8)32-21(4)29(45)19(2)15-38(7,54-36(49)42-16-24(18-44(32)37(50)55-39)41-17-25-12-13-28(40)56-25)33(22(5)30(46)23(6)34(48)52-27)53-35-31(47)26(43(9)10)14-20(3)51-35/h12-13,19-23,26-27,31-33,35,47H,11,14-18H2,1-10H3,(H,42,49)/t19-,20-,21+,22+,23-,26+,27-,31-,32+,33-,35+,38-,39-/m1/s1. The Labute approximate surface area is 341 Å². The second-order valence-electron chi connectivity index (χ2n) is 16.4. The van der Waals surface area contributed by atoms with Crippen molar-refractivity contribution in [3.05, 3.63) is 20.8 Å². The molecule has 2 amide bonds. The number of hydrogen-bond donors (Lipinski definition) is 2. The van der Waals surface area contributed by atoms with Crippen LogP contribution in [0.2, 0.25) is 0 Å². The number of thiophene rings is 1. The molecule has 17 heteroatoms. The Bertz CT molecular complexity index is 1690. The normalized spacial score (nSPS) is 39.8. The van der Waals surface area contributed by atoms with Crippen LogP contribution < -0.4 is 5.32 Å². The van der Waals surface area contributed by atoms with Gasteiger partial charge in [0.2, 0.25) is 0 Å². The van der Waals surface area contributed by atoms with Gasteiger partial charge in [0, 0.05) is 28.7 Å². The van der Waals surface area contributed by atoms with Crippen LogP contribution in [0.25, 0.3) is 0 Å². The van der Waals surface area contributed by atoms with Crippen molar-refractivity contribution in [2.24, 2.45) is 28.7 Å². The number of ketones is 2. The highest BCUT2D eigenvalue weighted by Crippen LogP contribution is 2.43. The largest absolute Gasteiger partial charge is 0.458 e. The lowest BCUT2D eigenvalue weighted by Gasteiger charge is -2.47. The van der Waals surface area contributed by atoms with E-state index in [-0.39, 0.29) is 50.4 Å². The summed E-state index contributed by atoms with van der Waals surface area (Å²) in [5.74, 6) is -5.88. The number of hydrogen-bond acceptors (Lipinski definition) is 14. The number of nitrogens with one attached hydrogen (secondary N) is 1. The van der Waals surface area contributed by atoms with E-state index in [1.54, 1.807) is 41.5 Å². The SMILES string of the molecule is CC[C@H]1OC(=O)[C@H](C)C(=O)[C@H](C)[C@@H](O[C@@H]2O[C@H](C)C[C@H](N(C)C)[C@H]2O)[C@@]2(C)C[C@@H](C)C(=O)[C@H](C)[C@@H]3N(CC(=NCc4ccc(Br)s4)CNC(=O)O2)C(=O)O[C@@]31C. The predicted octanol–water partition coefficient (Wildman–Crippen LogP) is 4.75. The van der Waals surface area contributed by atoms with Gasteiger partial charge in [0.25, 0.3) is 0 Å². The minimum atomic E-state index is -1.72. The highest BCUT2D eigenvalue weighted by atomic mass is 79.9. The number of aliphatic hydroxyl groups excluding tert-OH is 1. The molecule has 5 rings (SSSR count). The monoisotopic (exact) mass is 868 g/mol. The molecular weight excluding hydrogens is 812 g/mol. The molecule has 4 saturated heterocycles. The molecule has 0 aromatic carbocycles. The van der Waals surface area contributed by atoms with E-state index in [1.165, 1.54) is 23.2 Å². The number of amides is 2. The van der Waals surface area contributed by atoms with Gasteiger partial charge < -0.3 is 39.0 Å². The van der Waals surface area contributed by atoms with Crippen LogP contribution in [0.15, 0.2) is 20.9 Å². The first kappa shape index (κ1) is 44.1. The van der Waals surface area contributed by atoms with Gasteiger partial charge in [-0.15, -0.1) is 11.3 Å². The first-order valence-electron chi connectivity index (χ1n) is 19.4. The van der Waals surface area contributed by atoms with E-state index in [4.69, 9.17) is 28.7 Å². The van der Waals surface area contributed by atoms with E-state index < -0.39 is 89.5 Å². The molecule has 5 heterocycles. The maximum Gasteiger partial charge on any atom is 0.411 e. The fourth-order valence-electron chi connectivity index (χ4n) is 8.95. The second-order valence-corrected chi connectivity index (χ2v) is 19.0. The first-order chi connectivity index (χ1) is 26.2. The van der Waals surface area contributed by atoms with Gasteiger partial charge >= 0.3 is 18.2 Å². The summed E-state index contributed by atoms with van der Waals surface area (Å²) < 4.78 is 32.2. The molecule has 13 atom stereocenters. The maximum absolute atomic E-state index is 14.7. The lowest BCUT2D eigenvalue weighted by Crippen LogP contribution is -2.60. The van der Waals surface area contributed by atoms with Gasteiger partial charge in [0.05, 0.1) is 41.3 Å². The number of aliphatic imine (C=N–C) groups is 1. The number of ether oxygens (including phenoxy) is 5. The van der Waals surface area contributed by atoms with Crippen LogP contribution in [0.1, 0.15) is 79.5 Å². The van der Waals surface area contributed by atoms with Crippen LogP contribution in [-0.2, 0) is 44.6 Å². The molecule has 15 nitrogen and oxygen atoms in total. The molecular formula is C39H57BrN4O11S. The van der Waals surface area contributed by atoms with Crippen LogP contribution >= 0.6 is 27.3 Å². The van der Waals surface area contributed by atoms with Gasteiger partial charge in [-0.05, 0) is 89.1 Å². The number of aliphatic hydroxyl groups is 1. The number of carbonyl (C=O) groups is 5. The number of alkyl carbamates (subject to hydrolysis) is 1. The zero-order valence-corrected chi connectivity index (χ0v) is 36.3. The molecule has 0 spiro atoms. The molecule has 0 unspecified atom stereocenters. The molecule has 0 aliphatic carbocycles. The minimum Gasteiger partial charge on any atom is -0.458 e. The average molecular weight is 870 g/mol. The second kappa shape index (κ2) is 17.5. The topological polar surface area (TPSA) is 183 Å². The molecule has 4 fully saturated rings. The highest BCUT2D eigenvalue weighted by molar-refractivity contribution is 9.11. The van der Waals surface area contributed by atoms with Crippen molar-refractivity contribution in [1.29, 1.82) is 0 Å². The molecule has 4 aliphatic heterocycles. The van der Waals surface area contributed by atoms with Crippen molar-refractivity contribution < 1.29 is 52.8 Å². The van der Waals surface area contributed by atoms with E-state index in [0.29, 0.717) is 12.1 Å². The van der Waals surface area contributed by atoms with E-state index >= 15 is 0 Å². The Morgan fingerprint density at radius 1 is 1.05 bits per heavy atom. The lowest BCUT2D eigenvalue weighted by molar-refractivity contribution is -0.292. The first-order valence-corrected chi connectivity index (χ1v) is 21.0. The van der Waals surface area contributed by atoms with Crippen molar-refractivity contribution in [3.8, 4) is 0 Å². The van der Waals surface area contributed by atoms with Gasteiger partial charge in [-0.1, -0.05) is 27.7 Å². The number of rotatable bonds is 6. The lowest BCUT2D eigenvalue weighted by atomic mass is 9.73. The van der Waals surface area contributed by atoms with Crippen LogP contribution in [-0.4, -0.2) is 132 Å². The number of halogens is 1. The molecule has 312 valence electrons. The number of likely N-dealkylation sites (N-methyl/N-ethyl adjacent to an activating group) is 1. The minimum absolute atomic E-state index is 0.112. The van der Waals surface area contributed by atoms with Gasteiger partial charge in [0.15, 0.2) is 17.7 Å². The van der Waals surface area contributed by atoms with Gasteiger partial charge in [0.1, 0.15) is 35.6 Å². The number of cyclic esters (lactones) is 1. The number of nitrogens with zero attached hydrogens (tertiary/aromatic N) is 3. The third-order valence-electron chi connectivity index (χ3n) is 11.9. The van der Waals surface area contributed by atoms with E-state index in [2.05, 4.69) is 21.2 Å². The summed E-state index contributed by atoms with van der Waals surface area (Å²) >= 11 is 4.97. The zero-order chi connectivity index (χ0) is 41.4. The van der Waals surface area contributed by atoms with E-state index in [1.807, 2.05) is 38.1 Å². The fourth-order valence-corrected chi connectivity index (χ4v) is 10.4. The Hall–Kier alpha value is -2.96. The Balaban J connectivity index is 1.69. The van der Waals surface area contributed by atoms with Gasteiger partial charge in [-0.25, -0.2) is 9.59 Å². The quantitative estimate of drug-likeness (QED) is 0.228. The van der Waals surface area contributed by atoms with Crippen molar-refractivity contribution in [1.82, 2.24) is 15.1 Å². The molecule has 4 aliphatic rings. The maximum atomic E-state index is 14.7. The average Bonchev–Trinajstić information content (AvgIpc) is 3.67. The Morgan fingerprint density at radius 2 is 1.75 bits per heavy atom. The number of carbonyl (C=O) groups excluding carboxylic acids is 5. The van der Waals surface area contributed by atoms with E-state index in [9.17, 15) is 29.1 Å². The van der Waals surface area contributed by atoms with Gasteiger partial charge in [-0.2, -0.15) is 0 Å². The van der Waals surface area contributed by atoms with Crippen molar-refractivity contribution in [2.75, 3.05) is 27.2 Å². The number of esters is 1. The smallest absolute Gasteiger partial charge is 0.411 e. The van der Waals surface area contributed by atoms with Gasteiger partial charge in [-0.3, -0.25) is 24.3 Å². The van der Waals surface area contributed by atoms with Crippen molar-refractivity contribution >= 4 is 62.7 Å². The number of fused-ring (bicyclic) bond motifs is 4. The summed E-state index contributed by atoms with van der Waals surface area (Å²) in [4.78, 5) is 80.1. The Morgan fingerprint density at radius 3 is 2.38 bits per heavy atom. The van der Waals surface area contributed by atoms with Crippen molar-refractivity contribution in [2.45, 2.75) is 135 Å². The summed E-state index contributed by atoms with van der Waals surface area (Å²) in [6, 6.07) is 2.50. The summed E-state index contributed by atoms with van der Waals surface area (Å²) in [5, 5.41) is 14.3. The fraction of sp³-hybridized carbons (Fsp3) is 0.744. The molecule has 0 radical (unpaired) electrons. The predicted molar refractivity (Wildman–Crippen MR) is 210 cm³/mol. The number of Topliss-reactive ketones (excluding diaryl/α,β-unsaturated/α-hetero) is 2. The molecule has 1 aromatic rings. The highest BCUT2D eigenvalue weighted by Gasteiger charge is 2.61. The summed E-state index contributed by atoms with van der Waals surface area (Å²) in [7, 11) is 3.66. The summed E-state index contributed by atoms with van der Waals surface area (Å²) in [6.07, 6.45) is -6.18. The molecule has 0 saturated carbocycles. The summed E-state index contributed by atoms with van der Waals surface area (Å²) in [6.45, 7) is 13.3. The zero-order valence-electron chi connectivity index (χ0n) is 33.9. The van der Waals surface area contributed by atoms with Crippen LogP contribution in [0.5, 0.6) is 0 Å². The van der Waals surface area contributed by atoms with E-state index in [0.717, 1.165) is 8.66 Å². The van der Waals surface area contributed by atoms with Crippen LogP contribution in [0, 0.1) is 23.7 Å². The van der Waals surface area contributed by atoms with Crippen LogP contribution in [0.3, 0.4) is 0 Å². The Kier molecular flexibility index (Phi) is 13.8.